The van der Waals surface area contributed by atoms with Crippen LogP contribution in [0.25, 0.3) is 0 Å². The zero-order valence-electron chi connectivity index (χ0n) is 15.8. The topological polar surface area (TPSA) is 123 Å². The molecule has 0 aliphatic rings. The van der Waals surface area contributed by atoms with Crippen LogP contribution in [0.2, 0.25) is 0 Å². The molecule has 0 saturated heterocycles. The molecule has 2 N–H and O–H groups in total. The van der Waals surface area contributed by atoms with E-state index in [4.69, 9.17) is 9.47 Å². The molecule has 9 heteroatoms. The van der Waals surface area contributed by atoms with Gasteiger partial charge < -0.3 is 14.6 Å². The van der Waals surface area contributed by atoms with E-state index >= 15 is 0 Å². The second-order valence-electron chi connectivity index (χ2n) is 5.86. The first-order valence-corrected chi connectivity index (χ1v) is 8.48. The fourth-order valence-electron chi connectivity index (χ4n) is 2.33. The zero-order valence-corrected chi connectivity index (χ0v) is 15.8. The quantitative estimate of drug-likeness (QED) is 0.408. The van der Waals surface area contributed by atoms with Crippen LogP contribution < -0.4 is 14.9 Å². The summed E-state index contributed by atoms with van der Waals surface area (Å²) in [5, 5.41) is 24.7. The van der Waals surface area contributed by atoms with Crippen LogP contribution in [0.3, 0.4) is 0 Å². The minimum Gasteiger partial charge on any atom is -0.500 e. The highest BCUT2D eigenvalue weighted by atomic mass is 16.6. The van der Waals surface area contributed by atoms with E-state index < -0.39 is 22.3 Å². The molecule has 0 atom stereocenters. The van der Waals surface area contributed by atoms with Gasteiger partial charge in [-0.1, -0.05) is 12.1 Å². The molecule has 0 aliphatic carbocycles. The molecule has 0 saturated carbocycles. The monoisotopic (exact) mass is 387 g/mol. The van der Waals surface area contributed by atoms with Crippen molar-refractivity contribution >= 4 is 17.8 Å². The number of benzene rings is 2. The van der Waals surface area contributed by atoms with Crippen LogP contribution in [0.1, 0.15) is 23.6 Å². The molecule has 0 fully saturated rings. The Labute approximate surface area is 161 Å². The largest absolute Gasteiger partial charge is 0.500 e. The third-order valence-corrected chi connectivity index (χ3v) is 3.89. The number of aryl methyl sites for hydroxylation is 1. The van der Waals surface area contributed by atoms with Crippen LogP contribution in [-0.2, 0) is 4.79 Å². The summed E-state index contributed by atoms with van der Waals surface area (Å²) in [5.41, 5.74) is 4.04. The van der Waals surface area contributed by atoms with Crippen LogP contribution in [-0.4, -0.2) is 35.4 Å². The molecule has 2 aromatic carbocycles. The number of hydrogen-bond donors (Lipinski definition) is 2. The first-order valence-electron chi connectivity index (χ1n) is 8.48. The minimum atomic E-state index is -0.730. The van der Waals surface area contributed by atoms with Crippen molar-refractivity contribution in [2.24, 2.45) is 5.10 Å². The number of amides is 1. The third-order valence-electron chi connectivity index (χ3n) is 3.89. The molecule has 0 radical (unpaired) electrons. The number of phenolic OH excluding ortho intramolecular Hbond substituents is 1. The van der Waals surface area contributed by atoms with Gasteiger partial charge in [-0.25, -0.2) is 5.43 Å². The molecule has 1 amide bonds. The van der Waals surface area contributed by atoms with Gasteiger partial charge in [0.05, 0.1) is 17.7 Å². The normalized spacial score (nSPS) is 10.7. The SMILES string of the molecule is CCOc1cc(/C=N/NC(=O)COc2cccc(C)c2C)cc([N+](=O)[O-])c1O. The standard InChI is InChI=1S/C19H21N3O6/c1-4-27-17-9-14(8-15(19(17)24)22(25)26)10-20-21-18(23)11-28-16-7-5-6-12(2)13(16)3/h5-10,24H,4,11H2,1-3H3,(H,21,23)/b20-10+. The molecule has 148 valence electrons. The van der Waals surface area contributed by atoms with Crippen LogP contribution in [0.15, 0.2) is 35.4 Å². The van der Waals surface area contributed by atoms with Crippen molar-refractivity contribution in [3.8, 4) is 17.2 Å². The van der Waals surface area contributed by atoms with Crippen molar-refractivity contribution in [2.45, 2.75) is 20.8 Å². The van der Waals surface area contributed by atoms with E-state index in [-0.39, 0.29) is 24.5 Å². The zero-order chi connectivity index (χ0) is 20.7. The molecule has 9 nitrogen and oxygen atoms in total. The molecule has 0 bridgehead atoms. The fraction of sp³-hybridized carbons (Fsp3) is 0.263. The number of nitro benzene ring substituents is 1. The van der Waals surface area contributed by atoms with Crippen molar-refractivity contribution in [1.82, 2.24) is 5.43 Å². The minimum absolute atomic E-state index is 0.0391. The molecule has 2 aromatic rings. The molecule has 2 rings (SSSR count). The number of carbonyl (C=O) groups is 1. The predicted molar refractivity (Wildman–Crippen MR) is 103 cm³/mol. The van der Waals surface area contributed by atoms with Gasteiger partial charge in [-0.15, -0.1) is 0 Å². The molecular formula is C19H21N3O6. The van der Waals surface area contributed by atoms with Gasteiger partial charge in [-0.3, -0.25) is 14.9 Å². The highest BCUT2D eigenvalue weighted by Crippen LogP contribution is 2.36. The van der Waals surface area contributed by atoms with Gasteiger partial charge in [0.2, 0.25) is 5.75 Å². The summed E-state index contributed by atoms with van der Waals surface area (Å²) in [6.45, 7) is 5.51. The van der Waals surface area contributed by atoms with Crippen molar-refractivity contribution in [3.63, 3.8) is 0 Å². The van der Waals surface area contributed by atoms with Crippen LogP contribution >= 0.6 is 0 Å². The Morgan fingerprint density at radius 1 is 1.29 bits per heavy atom. The first kappa shape index (κ1) is 20.7. The molecule has 0 aliphatic heterocycles. The molecular weight excluding hydrogens is 366 g/mol. The number of hydrazone groups is 1. The van der Waals surface area contributed by atoms with Crippen LogP contribution in [0.5, 0.6) is 17.2 Å². The van der Waals surface area contributed by atoms with Crippen molar-refractivity contribution in [1.29, 1.82) is 0 Å². The lowest BCUT2D eigenvalue weighted by Crippen LogP contribution is -2.24. The average Bonchev–Trinajstić information content (AvgIpc) is 2.65. The highest BCUT2D eigenvalue weighted by molar-refractivity contribution is 5.85. The summed E-state index contributed by atoms with van der Waals surface area (Å²) in [4.78, 5) is 22.2. The summed E-state index contributed by atoms with van der Waals surface area (Å²) in [7, 11) is 0. The number of carbonyl (C=O) groups excluding carboxylic acids is 1. The summed E-state index contributed by atoms with van der Waals surface area (Å²) in [5.74, 6) is -0.484. The van der Waals surface area contributed by atoms with Gasteiger partial charge >= 0.3 is 5.69 Å². The number of nitrogens with one attached hydrogen (secondary N) is 1. The number of phenols is 1. The average molecular weight is 387 g/mol. The Morgan fingerprint density at radius 2 is 2.04 bits per heavy atom. The van der Waals surface area contributed by atoms with Gasteiger partial charge in [0, 0.05) is 11.6 Å². The number of nitrogens with zero attached hydrogens (tertiary/aromatic N) is 2. The lowest BCUT2D eigenvalue weighted by Gasteiger charge is -2.09. The Balaban J connectivity index is 2.02. The smallest absolute Gasteiger partial charge is 0.315 e. The summed E-state index contributed by atoms with van der Waals surface area (Å²) >= 11 is 0. The Kier molecular flexibility index (Phi) is 6.91. The number of nitro groups is 1. The van der Waals surface area contributed by atoms with Crippen LogP contribution in [0, 0.1) is 24.0 Å². The van der Waals surface area contributed by atoms with E-state index in [1.165, 1.54) is 12.3 Å². The molecule has 28 heavy (non-hydrogen) atoms. The van der Waals surface area contributed by atoms with E-state index in [1.807, 2.05) is 26.0 Å². The third kappa shape index (κ3) is 5.19. The fourth-order valence-corrected chi connectivity index (χ4v) is 2.33. The van der Waals surface area contributed by atoms with Gasteiger partial charge in [-0.2, -0.15) is 5.10 Å². The Bertz CT molecular complexity index is 911. The van der Waals surface area contributed by atoms with E-state index in [0.29, 0.717) is 5.75 Å². The van der Waals surface area contributed by atoms with Gasteiger partial charge in [-0.05, 0) is 44.0 Å². The van der Waals surface area contributed by atoms with Crippen molar-refractivity contribution in [2.75, 3.05) is 13.2 Å². The van der Waals surface area contributed by atoms with E-state index in [0.717, 1.165) is 17.2 Å². The second-order valence-corrected chi connectivity index (χ2v) is 5.86. The van der Waals surface area contributed by atoms with Crippen molar-refractivity contribution in [3.05, 3.63) is 57.1 Å². The number of hydrogen-bond acceptors (Lipinski definition) is 7. The molecule has 0 unspecified atom stereocenters. The van der Waals surface area contributed by atoms with E-state index in [2.05, 4.69) is 10.5 Å². The lowest BCUT2D eigenvalue weighted by molar-refractivity contribution is -0.386. The second kappa shape index (κ2) is 9.36. The lowest BCUT2D eigenvalue weighted by atomic mass is 10.1. The maximum absolute atomic E-state index is 11.9. The van der Waals surface area contributed by atoms with E-state index in [1.54, 1.807) is 13.0 Å². The first-order chi connectivity index (χ1) is 13.3. The number of ether oxygens (including phenoxy) is 2. The Hall–Kier alpha value is -3.62. The maximum Gasteiger partial charge on any atom is 0.315 e. The van der Waals surface area contributed by atoms with Crippen molar-refractivity contribution < 1.29 is 24.3 Å². The molecule has 0 heterocycles. The summed E-state index contributed by atoms with van der Waals surface area (Å²) < 4.78 is 10.7. The van der Waals surface area contributed by atoms with Gasteiger partial charge in [0.25, 0.3) is 5.91 Å². The van der Waals surface area contributed by atoms with Gasteiger partial charge in [0.15, 0.2) is 12.4 Å². The Morgan fingerprint density at radius 3 is 2.71 bits per heavy atom. The predicted octanol–water partition coefficient (Wildman–Crippen LogP) is 2.85. The maximum atomic E-state index is 11.9. The van der Waals surface area contributed by atoms with E-state index in [9.17, 15) is 20.0 Å². The summed E-state index contributed by atoms with van der Waals surface area (Å²) in [6.07, 6.45) is 1.21. The van der Waals surface area contributed by atoms with Crippen LogP contribution in [0.4, 0.5) is 5.69 Å². The molecule has 0 aromatic heterocycles. The number of rotatable bonds is 8. The molecule has 0 spiro atoms. The summed E-state index contributed by atoms with van der Waals surface area (Å²) in [6, 6.07) is 8.05. The van der Waals surface area contributed by atoms with Gasteiger partial charge in [0.1, 0.15) is 5.75 Å². The number of aromatic hydroxyl groups is 1. The highest BCUT2D eigenvalue weighted by Gasteiger charge is 2.19.